The Balaban J connectivity index is 2.17. The van der Waals surface area contributed by atoms with Crippen molar-refractivity contribution in [2.45, 2.75) is 6.92 Å². The van der Waals surface area contributed by atoms with E-state index in [1.54, 1.807) is 23.5 Å². The predicted molar refractivity (Wildman–Crippen MR) is 79.7 cm³/mol. The Kier molecular flexibility index (Phi) is 2.76. The molecule has 0 unspecified atom stereocenters. The summed E-state index contributed by atoms with van der Waals surface area (Å²) < 4.78 is 1.10. The molecule has 5 heteroatoms. The van der Waals surface area contributed by atoms with Gasteiger partial charge in [-0.25, -0.2) is 4.98 Å². The molecule has 3 aromatic rings. The minimum atomic E-state index is 0.417. The second-order valence-corrected chi connectivity index (χ2v) is 5.31. The van der Waals surface area contributed by atoms with Crippen molar-refractivity contribution in [3.05, 3.63) is 46.9 Å². The monoisotopic (exact) mass is 269 g/mol. The molecule has 0 radical (unpaired) electrons. The Morgan fingerprint density at radius 2 is 1.89 bits per heavy atom. The van der Waals surface area contributed by atoms with Crippen molar-refractivity contribution in [1.29, 1.82) is 0 Å². The highest BCUT2D eigenvalue weighted by atomic mass is 32.1. The van der Waals surface area contributed by atoms with Crippen LogP contribution in [0.25, 0.3) is 20.8 Å². The molecule has 0 aliphatic heterocycles. The Morgan fingerprint density at radius 3 is 2.53 bits per heavy atom. The highest BCUT2D eigenvalue weighted by molar-refractivity contribution is 7.22. The summed E-state index contributed by atoms with van der Waals surface area (Å²) in [7, 11) is 0. The maximum Gasteiger partial charge on any atom is 0.124 e. The van der Waals surface area contributed by atoms with Gasteiger partial charge in [-0.2, -0.15) is 0 Å². The van der Waals surface area contributed by atoms with Gasteiger partial charge in [0.2, 0.25) is 0 Å². The molecule has 0 saturated heterocycles. The standard InChI is InChI=1S/C14H11N3OS/c1-8-2-7-11(15)12-13(8)19-14(16-12)9-3-5-10(17-18)6-4-9/h2-7H,15H2,1H3. The van der Waals surface area contributed by atoms with Gasteiger partial charge in [-0.05, 0) is 48.0 Å². The molecule has 0 amide bonds. The molecule has 0 spiro atoms. The first-order valence-corrected chi connectivity index (χ1v) is 6.60. The van der Waals surface area contributed by atoms with Gasteiger partial charge in [-0.3, -0.25) is 0 Å². The van der Waals surface area contributed by atoms with Crippen molar-refractivity contribution in [2.24, 2.45) is 5.18 Å². The van der Waals surface area contributed by atoms with Crippen molar-refractivity contribution >= 4 is 32.9 Å². The van der Waals surface area contributed by atoms with Crippen LogP contribution in [0.15, 0.2) is 41.6 Å². The SMILES string of the molecule is Cc1ccc(N)c2nc(-c3ccc(N=O)cc3)sc12. The summed E-state index contributed by atoms with van der Waals surface area (Å²) in [5, 5.41) is 3.79. The van der Waals surface area contributed by atoms with Crippen LogP contribution in [-0.2, 0) is 0 Å². The lowest BCUT2D eigenvalue weighted by atomic mass is 10.2. The van der Waals surface area contributed by atoms with Gasteiger partial charge in [-0.1, -0.05) is 6.07 Å². The van der Waals surface area contributed by atoms with Gasteiger partial charge in [-0.15, -0.1) is 16.2 Å². The zero-order valence-electron chi connectivity index (χ0n) is 10.3. The summed E-state index contributed by atoms with van der Waals surface area (Å²) in [5.41, 5.74) is 10.0. The quantitative estimate of drug-likeness (QED) is 0.558. The third kappa shape index (κ3) is 1.98. The van der Waals surface area contributed by atoms with Crippen LogP contribution in [0.2, 0.25) is 0 Å². The molecule has 0 aliphatic carbocycles. The average molecular weight is 269 g/mol. The van der Waals surface area contributed by atoms with Crippen LogP contribution in [-0.4, -0.2) is 4.98 Å². The molecule has 0 aliphatic rings. The normalized spacial score (nSPS) is 10.8. The van der Waals surface area contributed by atoms with Gasteiger partial charge in [0.15, 0.2) is 0 Å². The van der Waals surface area contributed by atoms with Crippen LogP contribution in [0.5, 0.6) is 0 Å². The molecular weight excluding hydrogens is 258 g/mol. The lowest BCUT2D eigenvalue weighted by Gasteiger charge is -1.96. The maximum atomic E-state index is 10.4. The molecule has 2 aromatic carbocycles. The van der Waals surface area contributed by atoms with E-state index in [1.165, 1.54) is 5.56 Å². The van der Waals surface area contributed by atoms with Gasteiger partial charge in [0.25, 0.3) is 0 Å². The lowest BCUT2D eigenvalue weighted by Crippen LogP contribution is -1.87. The average Bonchev–Trinajstić information content (AvgIpc) is 2.89. The number of rotatable bonds is 2. The fourth-order valence-electron chi connectivity index (χ4n) is 1.94. The van der Waals surface area contributed by atoms with Crippen LogP contribution in [0, 0.1) is 11.8 Å². The number of benzene rings is 2. The van der Waals surface area contributed by atoms with Gasteiger partial charge in [0.05, 0.1) is 10.4 Å². The number of aryl methyl sites for hydroxylation is 1. The van der Waals surface area contributed by atoms with Gasteiger partial charge >= 0.3 is 0 Å². The molecule has 4 nitrogen and oxygen atoms in total. The van der Waals surface area contributed by atoms with Crippen molar-refractivity contribution in [3.63, 3.8) is 0 Å². The second kappa shape index (κ2) is 4.44. The smallest absolute Gasteiger partial charge is 0.124 e. The first-order valence-electron chi connectivity index (χ1n) is 5.78. The van der Waals surface area contributed by atoms with E-state index in [0.29, 0.717) is 11.4 Å². The Labute approximate surface area is 113 Å². The number of nitroso groups, excluding NO2 is 1. The third-order valence-corrected chi connectivity index (χ3v) is 4.23. The fraction of sp³-hybridized carbons (Fsp3) is 0.0714. The molecule has 0 atom stereocenters. The number of hydrogen-bond donors (Lipinski definition) is 1. The van der Waals surface area contributed by atoms with E-state index in [9.17, 15) is 4.91 Å². The highest BCUT2D eigenvalue weighted by Gasteiger charge is 2.10. The summed E-state index contributed by atoms with van der Waals surface area (Å²) in [6.07, 6.45) is 0. The van der Waals surface area contributed by atoms with Crippen LogP contribution in [0.4, 0.5) is 11.4 Å². The van der Waals surface area contributed by atoms with Crippen molar-refractivity contribution in [1.82, 2.24) is 4.98 Å². The van der Waals surface area contributed by atoms with Crippen molar-refractivity contribution in [2.75, 3.05) is 5.73 Å². The number of thiazole rings is 1. The number of nitrogen functional groups attached to an aromatic ring is 1. The number of anilines is 1. The molecule has 19 heavy (non-hydrogen) atoms. The van der Waals surface area contributed by atoms with E-state index in [1.807, 2.05) is 31.2 Å². The number of nitrogens with two attached hydrogens (primary N) is 1. The van der Waals surface area contributed by atoms with E-state index in [2.05, 4.69) is 10.2 Å². The second-order valence-electron chi connectivity index (χ2n) is 4.31. The summed E-state index contributed by atoms with van der Waals surface area (Å²) in [4.78, 5) is 15.0. The van der Waals surface area contributed by atoms with Gasteiger partial charge < -0.3 is 5.73 Å². The maximum absolute atomic E-state index is 10.4. The first-order chi connectivity index (χ1) is 9.19. The van der Waals surface area contributed by atoms with E-state index < -0.39 is 0 Å². The molecule has 0 fully saturated rings. The predicted octanol–water partition coefficient (Wildman–Crippen LogP) is 4.25. The summed E-state index contributed by atoms with van der Waals surface area (Å²) in [5.74, 6) is 0. The van der Waals surface area contributed by atoms with Crippen LogP contribution < -0.4 is 5.73 Å². The largest absolute Gasteiger partial charge is 0.397 e. The minimum Gasteiger partial charge on any atom is -0.397 e. The van der Waals surface area contributed by atoms with E-state index in [0.717, 1.165) is 20.8 Å². The molecule has 0 bridgehead atoms. The molecule has 1 heterocycles. The van der Waals surface area contributed by atoms with Crippen LogP contribution in [0.1, 0.15) is 5.56 Å². The van der Waals surface area contributed by atoms with E-state index >= 15 is 0 Å². The van der Waals surface area contributed by atoms with E-state index in [4.69, 9.17) is 5.73 Å². The summed E-state index contributed by atoms with van der Waals surface area (Å²) >= 11 is 1.60. The van der Waals surface area contributed by atoms with E-state index in [-0.39, 0.29) is 0 Å². The minimum absolute atomic E-state index is 0.417. The highest BCUT2D eigenvalue weighted by Crippen LogP contribution is 2.35. The fourth-order valence-corrected chi connectivity index (χ4v) is 3.01. The molecule has 1 aromatic heterocycles. The third-order valence-electron chi connectivity index (χ3n) is 2.99. The van der Waals surface area contributed by atoms with Gasteiger partial charge in [0.1, 0.15) is 16.2 Å². The molecule has 3 rings (SSSR count). The number of hydrogen-bond acceptors (Lipinski definition) is 5. The summed E-state index contributed by atoms with van der Waals surface area (Å²) in [6, 6.07) is 10.9. The molecule has 2 N–H and O–H groups in total. The zero-order chi connectivity index (χ0) is 13.4. The first kappa shape index (κ1) is 11.8. The molecular formula is C14H11N3OS. The topological polar surface area (TPSA) is 68.3 Å². The Morgan fingerprint density at radius 1 is 1.16 bits per heavy atom. The zero-order valence-corrected chi connectivity index (χ0v) is 11.1. The Bertz CT molecular complexity index is 723. The van der Waals surface area contributed by atoms with Crippen LogP contribution >= 0.6 is 11.3 Å². The molecule has 0 saturated carbocycles. The number of aromatic nitrogens is 1. The molecule has 94 valence electrons. The van der Waals surface area contributed by atoms with Crippen molar-refractivity contribution in [3.8, 4) is 10.6 Å². The number of nitrogens with zero attached hydrogens (tertiary/aromatic N) is 2. The number of fused-ring (bicyclic) bond motifs is 1. The van der Waals surface area contributed by atoms with Crippen LogP contribution in [0.3, 0.4) is 0 Å². The lowest BCUT2D eigenvalue weighted by molar-refractivity contribution is 1.45. The van der Waals surface area contributed by atoms with Gasteiger partial charge in [0, 0.05) is 5.56 Å². The Hall–Kier alpha value is -2.27. The van der Waals surface area contributed by atoms with Crippen molar-refractivity contribution < 1.29 is 0 Å². The summed E-state index contributed by atoms with van der Waals surface area (Å²) in [6.45, 7) is 2.04.